The van der Waals surface area contributed by atoms with Crippen LogP contribution in [0.1, 0.15) is 37.3 Å². The first-order valence-electron chi connectivity index (χ1n) is 11.6. The molecule has 1 amide bonds. The van der Waals surface area contributed by atoms with Gasteiger partial charge in [-0.15, -0.1) is 0 Å². The third-order valence-electron chi connectivity index (χ3n) is 6.10. The number of amides is 1. The predicted molar refractivity (Wildman–Crippen MR) is 132 cm³/mol. The Hall–Kier alpha value is -3.04. The molecule has 1 fully saturated rings. The predicted octanol–water partition coefficient (Wildman–Crippen LogP) is 4.34. The summed E-state index contributed by atoms with van der Waals surface area (Å²) in [6, 6.07) is 9.32. The molecule has 35 heavy (non-hydrogen) atoms. The molecular weight excluding hydrogens is 476 g/mol. The average molecular weight is 504 g/mol. The summed E-state index contributed by atoms with van der Waals surface area (Å²) in [4.78, 5) is 19.0. The van der Waals surface area contributed by atoms with Gasteiger partial charge in [0.25, 0.3) is 5.92 Å². The van der Waals surface area contributed by atoms with E-state index in [1.165, 1.54) is 6.33 Å². The zero-order chi connectivity index (χ0) is 25.0. The zero-order valence-corrected chi connectivity index (χ0v) is 20.2. The van der Waals surface area contributed by atoms with Crippen LogP contribution in [0.5, 0.6) is 0 Å². The number of allylic oxidation sites excluding steroid dienone is 2. The SMILES string of the molecule is CCO.O=C(NCc1ccc(Cl)cc1)C1CN(c2ncnn3cc(C4=CCC(F)(F)CC4)cc23)C1. The second kappa shape index (κ2) is 10.7. The van der Waals surface area contributed by atoms with E-state index in [2.05, 4.69) is 15.4 Å². The Morgan fingerprint density at radius 3 is 2.66 bits per heavy atom. The smallest absolute Gasteiger partial charge is 0.251 e. The molecule has 10 heteroatoms. The summed E-state index contributed by atoms with van der Waals surface area (Å²) >= 11 is 5.89. The summed E-state index contributed by atoms with van der Waals surface area (Å²) in [6.45, 7) is 3.52. The molecular formula is C25H28ClF2N5O2. The van der Waals surface area contributed by atoms with E-state index in [0.717, 1.165) is 28.0 Å². The highest BCUT2D eigenvalue weighted by Crippen LogP contribution is 2.37. The average Bonchev–Trinajstić information content (AvgIpc) is 3.23. The Kier molecular flexibility index (Phi) is 7.66. The fraction of sp³-hybridized carbons (Fsp3) is 0.400. The van der Waals surface area contributed by atoms with E-state index in [-0.39, 0.29) is 31.3 Å². The van der Waals surface area contributed by atoms with E-state index in [1.54, 1.807) is 29.6 Å². The molecule has 1 aromatic carbocycles. The van der Waals surface area contributed by atoms with Crippen LogP contribution in [0.3, 0.4) is 0 Å². The molecule has 186 valence electrons. The fourth-order valence-corrected chi connectivity index (χ4v) is 4.27. The number of hydrogen-bond donors (Lipinski definition) is 2. The van der Waals surface area contributed by atoms with Gasteiger partial charge in [0.15, 0.2) is 5.82 Å². The van der Waals surface area contributed by atoms with Crippen LogP contribution in [0.4, 0.5) is 14.6 Å². The van der Waals surface area contributed by atoms with Crippen LogP contribution < -0.4 is 10.2 Å². The number of hydrogen-bond acceptors (Lipinski definition) is 5. The lowest BCUT2D eigenvalue weighted by atomic mass is 9.93. The van der Waals surface area contributed by atoms with Gasteiger partial charge in [-0.05, 0) is 48.2 Å². The van der Waals surface area contributed by atoms with Crippen LogP contribution in [0, 0.1) is 5.92 Å². The molecule has 1 aliphatic carbocycles. The van der Waals surface area contributed by atoms with Crippen molar-refractivity contribution in [2.45, 2.75) is 38.7 Å². The molecule has 0 radical (unpaired) electrons. The normalized spacial score (nSPS) is 17.3. The van der Waals surface area contributed by atoms with Gasteiger partial charge in [-0.25, -0.2) is 18.3 Å². The van der Waals surface area contributed by atoms with Crippen LogP contribution in [-0.2, 0) is 11.3 Å². The lowest BCUT2D eigenvalue weighted by Gasteiger charge is -2.39. The van der Waals surface area contributed by atoms with Gasteiger partial charge >= 0.3 is 0 Å². The highest BCUT2D eigenvalue weighted by Gasteiger charge is 2.35. The van der Waals surface area contributed by atoms with E-state index in [0.29, 0.717) is 31.1 Å². The van der Waals surface area contributed by atoms with E-state index in [1.807, 2.05) is 29.3 Å². The Balaban J connectivity index is 0.000000917. The summed E-state index contributed by atoms with van der Waals surface area (Å²) in [7, 11) is 0. The first-order chi connectivity index (χ1) is 16.8. The van der Waals surface area contributed by atoms with E-state index >= 15 is 0 Å². The highest BCUT2D eigenvalue weighted by molar-refractivity contribution is 6.30. The van der Waals surface area contributed by atoms with Crippen LogP contribution >= 0.6 is 11.6 Å². The van der Waals surface area contributed by atoms with Crippen molar-refractivity contribution in [3.63, 3.8) is 0 Å². The monoisotopic (exact) mass is 503 g/mol. The summed E-state index contributed by atoms with van der Waals surface area (Å²) in [5.74, 6) is -1.98. The second-order valence-electron chi connectivity index (χ2n) is 8.69. The quantitative estimate of drug-likeness (QED) is 0.541. The summed E-state index contributed by atoms with van der Waals surface area (Å²) in [6.07, 6.45) is 4.92. The van der Waals surface area contributed by atoms with E-state index in [4.69, 9.17) is 16.7 Å². The maximum atomic E-state index is 13.5. The molecule has 0 atom stereocenters. The van der Waals surface area contributed by atoms with Crippen molar-refractivity contribution in [1.82, 2.24) is 19.9 Å². The molecule has 2 aliphatic rings. The van der Waals surface area contributed by atoms with Crippen molar-refractivity contribution in [1.29, 1.82) is 0 Å². The maximum Gasteiger partial charge on any atom is 0.251 e. The summed E-state index contributed by atoms with van der Waals surface area (Å²) in [5, 5.41) is 15.5. The molecule has 7 nitrogen and oxygen atoms in total. The van der Waals surface area contributed by atoms with Gasteiger partial charge in [-0.2, -0.15) is 5.10 Å². The lowest BCUT2D eigenvalue weighted by Crippen LogP contribution is -2.54. The first-order valence-corrected chi connectivity index (χ1v) is 12.0. The number of aliphatic hydroxyl groups excluding tert-OH is 1. The van der Waals surface area contributed by atoms with Crippen molar-refractivity contribution >= 4 is 34.4 Å². The van der Waals surface area contributed by atoms with Crippen molar-refractivity contribution in [2.75, 3.05) is 24.6 Å². The van der Waals surface area contributed by atoms with Crippen LogP contribution in [0.2, 0.25) is 5.02 Å². The summed E-state index contributed by atoms with van der Waals surface area (Å²) in [5.41, 5.74) is 3.60. The molecule has 3 aromatic rings. The molecule has 0 spiro atoms. The molecule has 1 aliphatic heterocycles. The molecule has 2 N–H and O–H groups in total. The first kappa shape index (κ1) is 25.1. The van der Waals surface area contributed by atoms with Crippen molar-refractivity contribution in [3.05, 3.63) is 65.1 Å². The summed E-state index contributed by atoms with van der Waals surface area (Å²) < 4.78 is 28.7. The van der Waals surface area contributed by atoms with Crippen molar-refractivity contribution < 1.29 is 18.7 Å². The Morgan fingerprint density at radius 1 is 1.29 bits per heavy atom. The number of alkyl halides is 2. The third-order valence-corrected chi connectivity index (χ3v) is 6.35. The van der Waals surface area contributed by atoms with Gasteiger partial charge in [0, 0.05) is 50.3 Å². The Morgan fingerprint density at radius 2 is 2.00 bits per heavy atom. The van der Waals surface area contributed by atoms with Gasteiger partial charge in [0.05, 0.1) is 5.92 Å². The minimum absolute atomic E-state index is 0.00522. The van der Waals surface area contributed by atoms with E-state index < -0.39 is 5.92 Å². The number of carbonyl (C=O) groups excluding carboxylic acids is 1. The molecule has 5 rings (SSSR count). The molecule has 3 heterocycles. The third kappa shape index (κ3) is 5.97. The number of halogens is 3. The number of nitrogens with zero attached hydrogens (tertiary/aromatic N) is 4. The van der Waals surface area contributed by atoms with Gasteiger partial charge in [-0.3, -0.25) is 4.79 Å². The van der Waals surface area contributed by atoms with Gasteiger partial charge < -0.3 is 15.3 Å². The topological polar surface area (TPSA) is 82.8 Å². The van der Waals surface area contributed by atoms with Crippen molar-refractivity contribution in [2.24, 2.45) is 5.92 Å². The highest BCUT2D eigenvalue weighted by atomic mass is 35.5. The number of aliphatic hydroxyl groups is 1. The number of anilines is 1. The van der Waals surface area contributed by atoms with Gasteiger partial charge in [0.1, 0.15) is 11.8 Å². The Bertz CT molecular complexity index is 1210. The van der Waals surface area contributed by atoms with Gasteiger partial charge in [0.2, 0.25) is 5.91 Å². The van der Waals surface area contributed by atoms with Crippen LogP contribution in [-0.4, -0.2) is 51.2 Å². The minimum atomic E-state index is -2.62. The number of aromatic nitrogens is 3. The number of benzene rings is 1. The van der Waals surface area contributed by atoms with Gasteiger partial charge in [-0.1, -0.05) is 29.8 Å². The number of nitrogens with one attached hydrogen (secondary N) is 1. The van der Waals surface area contributed by atoms with E-state index in [9.17, 15) is 13.6 Å². The lowest BCUT2D eigenvalue weighted by molar-refractivity contribution is -0.125. The van der Waals surface area contributed by atoms with Crippen LogP contribution in [0.25, 0.3) is 11.1 Å². The number of carbonyl (C=O) groups is 1. The number of rotatable bonds is 5. The van der Waals surface area contributed by atoms with Crippen LogP contribution in [0.15, 0.2) is 48.9 Å². The molecule has 0 saturated carbocycles. The molecule has 0 unspecified atom stereocenters. The van der Waals surface area contributed by atoms with Crippen molar-refractivity contribution in [3.8, 4) is 0 Å². The number of fused-ring (bicyclic) bond motifs is 1. The largest absolute Gasteiger partial charge is 0.397 e. The standard InChI is InChI=1S/C23H22ClF2N5O.C2H6O/c24-19-3-1-15(2-4-19)10-27-22(32)18-11-30(12-18)21-20-9-17(13-31(20)29-14-28-21)16-5-7-23(25,26)8-6-16;1-2-3/h1-5,9,13-14,18H,6-8,10-12H2,(H,27,32);3H,2H2,1H3. The maximum absolute atomic E-state index is 13.5. The second-order valence-corrected chi connectivity index (χ2v) is 9.13. The Labute approximate surface area is 207 Å². The molecule has 1 saturated heterocycles. The fourth-order valence-electron chi connectivity index (χ4n) is 4.15. The molecule has 0 bridgehead atoms. The molecule has 2 aromatic heterocycles. The zero-order valence-electron chi connectivity index (χ0n) is 19.4. The minimum Gasteiger partial charge on any atom is -0.397 e.